The van der Waals surface area contributed by atoms with Gasteiger partial charge in [-0.1, -0.05) is 5.16 Å². The van der Waals surface area contributed by atoms with E-state index in [4.69, 9.17) is 4.52 Å². The quantitative estimate of drug-likeness (QED) is 0.634. The third-order valence-electron chi connectivity index (χ3n) is 3.42. The number of rotatable bonds is 5. The fraction of sp³-hybridized carbons (Fsp3) is 0.167. The van der Waals surface area contributed by atoms with Crippen molar-refractivity contribution < 1.29 is 14.1 Å². The number of nitrogens with one attached hydrogen (secondary N) is 3. The third kappa shape index (κ3) is 4.88. The van der Waals surface area contributed by atoms with Crippen LogP contribution in [0.15, 0.2) is 40.9 Å². The summed E-state index contributed by atoms with van der Waals surface area (Å²) in [6.07, 6.45) is 0. The van der Waals surface area contributed by atoms with Crippen LogP contribution in [0.1, 0.15) is 29.0 Å². The van der Waals surface area contributed by atoms with Gasteiger partial charge in [0.15, 0.2) is 5.82 Å². The minimum absolute atomic E-state index is 0.161. The molecule has 0 radical (unpaired) electrons. The number of carbonyl (C=O) groups is 2. The van der Waals surface area contributed by atoms with Gasteiger partial charge in [-0.3, -0.25) is 9.59 Å². The Kier molecular flexibility index (Phi) is 5.11. The standard InChI is InChI=1S/C18H18N6O3/c1-10-8-17(24-27-10)23-16-9-15(19-11(2)20-16)18(26)22-14-6-4-13(5-7-14)21-12(3)25/h4-9H,1-3H3,(H,21,25)(H,22,26)(H,19,20,23,24). The van der Waals surface area contributed by atoms with E-state index in [2.05, 4.69) is 31.1 Å². The molecule has 3 N–H and O–H groups in total. The topological polar surface area (TPSA) is 122 Å². The highest BCUT2D eigenvalue weighted by atomic mass is 16.5. The predicted octanol–water partition coefficient (Wildman–Crippen LogP) is 3.04. The van der Waals surface area contributed by atoms with Gasteiger partial charge in [0.25, 0.3) is 5.91 Å². The summed E-state index contributed by atoms with van der Waals surface area (Å²) in [6.45, 7) is 4.90. The molecule has 9 nitrogen and oxygen atoms in total. The average Bonchev–Trinajstić information content (AvgIpc) is 3.00. The van der Waals surface area contributed by atoms with Crippen molar-refractivity contribution in [1.29, 1.82) is 0 Å². The summed E-state index contributed by atoms with van der Waals surface area (Å²) < 4.78 is 5.00. The highest BCUT2D eigenvalue weighted by Crippen LogP contribution is 2.17. The van der Waals surface area contributed by atoms with Crippen molar-refractivity contribution in [2.45, 2.75) is 20.8 Å². The van der Waals surface area contributed by atoms with E-state index in [0.29, 0.717) is 34.6 Å². The Morgan fingerprint density at radius 3 is 2.19 bits per heavy atom. The van der Waals surface area contributed by atoms with Crippen LogP contribution in [0.4, 0.5) is 23.0 Å². The van der Waals surface area contributed by atoms with E-state index in [0.717, 1.165) is 0 Å². The lowest BCUT2D eigenvalue weighted by Crippen LogP contribution is -2.15. The maximum absolute atomic E-state index is 12.5. The second-order valence-electron chi connectivity index (χ2n) is 5.85. The zero-order valence-electron chi connectivity index (χ0n) is 15.0. The van der Waals surface area contributed by atoms with Gasteiger partial charge in [0.1, 0.15) is 23.1 Å². The molecular formula is C18H18N6O3. The summed E-state index contributed by atoms with van der Waals surface area (Å²) in [7, 11) is 0. The van der Waals surface area contributed by atoms with Crippen molar-refractivity contribution in [3.05, 3.63) is 53.7 Å². The Hall–Kier alpha value is -3.75. The molecule has 3 aromatic rings. The van der Waals surface area contributed by atoms with Gasteiger partial charge < -0.3 is 20.5 Å². The van der Waals surface area contributed by atoms with Gasteiger partial charge in [-0.15, -0.1) is 0 Å². The van der Waals surface area contributed by atoms with Crippen LogP contribution in [0.5, 0.6) is 0 Å². The van der Waals surface area contributed by atoms with Gasteiger partial charge in [0.2, 0.25) is 5.91 Å². The summed E-state index contributed by atoms with van der Waals surface area (Å²) in [5, 5.41) is 12.2. The first-order valence-corrected chi connectivity index (χ1v) is 8.14. The van der Waals surface area contributed by atoms with Crippen LogP contribution in [0.2, 0.25) is 0 Å². The minimum Gasteiger partial charge on any atom is -0.360 e. The van der Waals surface area contributed by atoms with Gasteiger partial charge in [-0.05, 0) is 38.1 Å². The molecule has 2 amide bonds. The molecule has 138 valence electrons. The Bertz CT molecular complexity index is 981. The lowest BCUT2D eigenvalue weighted by atomic mass is 10.2. The lowest BCUT2D eigenvalue weighted by Gasteiger charge is -2.08. The van der Waals surface area contributed by atoms with Crippen molar-refractivity contribution in [3.63, 3.8) is 0 Å². The van der Waals surface area contributed by atoms with Gasteiger partial charge in [-0.2, -0.15) is 0 Å². The Morgan fingerprint density at radius 1 is 0.926 bits per heavy atom. The Morgan fingerprint density at radius 2 is 1.59 bits per heavy atom. The zero-order chi connectivity index (χ0) is 19.4. The molecule has 0 fully saturated rings. The second kappa shape index (κ2) is 7.65. The molecule has 9 heteroatoms. The van der Waals surface area contributed by atoms with Gasteiger partial charge in [0.05, 0.1) is 0 Å². The first-order chi connectivity index (χ1) is 12.9. The molecule has 0 aliphatic carbocycles. The smallest absolute Gasteiger partial charge is 0.274 e. The molecule has 1 aromatic carbocycles. The molecule has 0 bridgehead atoms. The van der Waals surface area contributed by atoms with Crippen LogP contribution >= 0.6 is 0 Å². The summed E-state index contributed by atoms with van der Waals surface area (Å²) >= 11 is 0. The lowest BCUT2D eigenvalue weighted by molar-refractivity contribution is -0.114. The van der Waals surface area contributed by atoms with E-state index in [9.17, 15) is 9.59 Å². The largest absolute Gasteiger partial charge is 0.360 e. The van der Waals surface area contributed by atoms with E-state index in [1.807, 2.05) is 0 Å². The molecule has 0 saturated carbocycles. The van der Waals surface area contributed by atoms with Crippen LogP contribution in [0, 0.1) is 13.8 Å². The van der Waals surface area contributed by atoms with Crippen LogP contribution in [-0.2, 0) is 4.79 Å². The van der Waals surface area contributed by atoms with Crippen molar-refractivity contribution >= 4 is 34.8 Å². The van der Waals surface area contributed by atoms with Crippen LogP contribution in [-0.4, -0.2) is 26.9 Å². The number of hydrogen-bond acceptors (Lipinski definition) is 7. The molecule has 0 aliphatic rings. The molecule has 2 heterocycles. The fourth-order valence-electron chi connectivity index (χ4n) is 2.34. The number of hydrogen-bond donors (Lipinski definition) is 3. The van der Waals surface area contributed by atoms with Crippen LogP contribution < -0.4 is 16.0 Å². The van der Waals surface area contributed by atoms with E-state index < -0.39 is 0 Å². The molecule has 0 aliphatic heterocycles. The summed E-state index contributed by atoms with van der Waals surface area (Å²) in [5.41, 5.74) is 1.43. The first kappa shape index (κ1) is 18.1. The van der Waals surface area contributed by atoms with Crippen LogP contribution in [0.25, 0.3) is 0 Å². The van der Waals surface area contributed by atoms with Crippen molar-refractivity contribution in [2.75, 3.05) is 16.0 Å². The molecule has 0 spiro atoms. The van der Waals surface area contributed by atoms with E-state index in [-0.39, 0.29) is 17.5 Å². The number of aryl methyl sites for hydroxylation is 2. The average molecular weight is 366 g/mol. The van der Waals surface area contributed by atoms with E-state index in [1.165, 1.54) is 13.0 Å². The maximum Gasteiger partial charge on any atom is 0.274 e. The number of benzene rings is 1. The summed E-state index contributed by atoms with van der Waals surface area (Å²) in [4.78, 5) is 32.0. The Labute approximate surface area is 155 Å². The summed E-state index contributed by atoms with van der Waals surface area (Å²) in [6, 6.07) is 10.0. The fourth-order valence-corrected chi connectivity index (χ4v) is 2.34. The SMILES string of the molecule is CC(=O)Nc1ccc(NC(=O)c2cc(Nc3cc(C)on3)nc(C)n2)cc1. The molecule has 0 saturated heterocycles. The van der Waals surface area contributed by atoms with Gasteiger partial charge in [-0.25, -0.2) is 9.97 Å². The second-order valence-corrected chi connectivity index (χ2v) is 5.85. The van der Waals surface area contributed by atoms with Crippen molar-refractivity contribution in [1.82, 2.24) is 15.1 Å². The van der Waals surface area contributed by atoms with Crippen molar-refractivity contribution in [2.24, 2.45) is 0 Å². The maximum atomic E-state index is 12.5. The highest BCUT2D eigenvalue weighted by Gasteiger charge is 2.12. The normalized spacial score (nSPS) is 10.3. The van der Waals surface area contributed by atoms with Crippen LogP contribution in [0.3, 0.4) is 0 Å². The van der Waals surface area contributed by atoms with Gasteiger partial charge >= 0.3 is 0 Å². The van der Waals surface area contributed by atoms with Gasteiger partial charge in [0, 0.05) is 30.4 Å². The van der Waals surface area contributed by atoms with Crippen molar-refractivity contribution in [3.8, 4) is 0 Å². The molecule has 2 aromatic heterocycles. The number of aromatic nitrogens is 3. The summed E-state index contributed by atoms with van der Waals surface area (Å²) in [5.74, 6) is 1.47. The highest BCUT2D eigenvalue weighted by molar-refractivity contribution is 6.03. The van der Waals surface area contributed by atoms with E-state index in [1.54, 1.807) is 44.2 Å². The monoisotopic (exact) mass is 366 g/mol. The molecule has 27 heavy (non-hydrogen) atoms. The number of carbonyl (C=O) groups excluding carboxylic acids is 2. The third-order valence-corrected chi connectivity index (χ3v) is 3.42. The number of anilines is 4. The molecule has 0 unspecified atom stereocenters. The zero-order valence-corrected chi connectivity index (χ0v) is 15.0. The Balaban J connectivity index is 1.73. The number of nitrogens with zero attached hydrogens (tertiary/aromatic N) is 3. The molecule has 0 atom stereocenters. The predicted molar refractivity (Wildman–Crippen MR) is 100.0 cm³/mol. The van der Waals surface area contributed by atoms with E-state index >= 15 is 0 Å². The first-order valence-electron chi connectivity index (χ1n) is 8.14. The minimum atomic E-state index is -0.382. The number of amides is 2. The molecular weight excluding hydrogens is 348 g/mol. The molecule has 3 rings (SSSR count).